The lowest BCUT2D eigenvalue weighted by Crippen LogP contribution is -2.37. The summed E-state index contributed by atoms with van der Waals surface area (Å²) in [6.45, 7) is 2.38. The van der Waals surface area contributed by atoms with E-state index in [-0.39, 0.29) is 22.7 Å². The van der Waals surface area contributed by atoms with Crippen LogP contribution in [0.4, 0.5) is 5.69 Å². The molecular formula is C19H23N5O6S. The molecule has 0 unspecified atom stereocenters. The lowest BCUT2D eigenvalue weighted by atomic mass is 10.3. The summed E-state index contributed by atoms with van der Waals surface area (Å²) in [6.07, 6.45) is -0.310. The highest BCUT2D eigenvalue weighted by atomic mass is 32.2. The monoisotopic (exact) mass is 449 g/mol. The van der Waals surface area contributed by atoms with Gasteiger partial charge in [0.2, 0.25) is 20.9 Å². The standard InChI is InChI=1S/C19H23N5O6S/c1-5-30-13-8-6-12(7-9-13)20-14(25)10-11-31(28,29)18-21-15-16(22(18)2)23(3)19(27)24(4)17(15)26/h6-9H,5,10-11H2,1-4H3,(H,20,25). The molecule has 1 amide bonds. The van der Waals surface area contributed by atoms with Crippen LogP contribution < -0.4 is 21.3 Å². The van der Waals surface area contributed by atoms with E-state index in [4.69, 9.17) is 4.74 Å². The van der Waals surface area contributed by atoms with E-state index >= 15 is 0 Å². The van der Waals surface area contributed by atoms with Crippen molar-refractivity contribution >= 4 is 32.6 Å². The van der Waals surface area contributed by atoms with Crippen molar-refractivity contribution in [2.24, 2.45) is 21.1 Å². The summed E-state index contributed by atoms with van der Waals surface area (Å²) in [5, 5.41) is 2.24. The van der Waals surface area contributed by atoms with Gasteiger partial charge in [-0.15, -0.1) is 0 Å². The molecule has 12 heteroatoms. The Balaban J connectivity index is 1.80. The number of nitrogens with zero attached hydrogens (tertiary/aromatic N) is 4. The highest BCUT2D eigenvalue weighted by Gasteiger charge is 2.26. The number of imidazole rings is 1. The van der Waals surface area contributed by atoms with Gasteiger partial charge in [-0.3, -0.25) is 18.7 Å². The van der Waals surface area contributed by atoms with E-state index in [9.17, 15) is 22.8 Å². The van der Waals surface area contributed by atoms with Gasteiger partial charge in [-0.1, -0.05) is 0 Å². The molecular weight excluding hydrogens is 426 g/mol. The molecule has 0 aliphatic heterocycles. The predicted molar refractivity (Wildman–Crippen MR) is 114 cm³/mol. The minimum atomic E-state index is -4.01. The molecule has 0 spiro atoms. The molecule has 3 rings (SSSR count). The van der Waals surface area contributed by atoms with Gasteiger partial charge in [0.25, 0.3) is 5.56 Å². The topological polar surface area (TPSA) is 134 Å². The fraction of sp³-hybridized carbons (Fsp3) is 0.368. The van der Waals surface area contributed by atoms with Crippen molar-refractivity contribution in [3.8, 4) is 5.75 Å². The van der Waals surface area contributed by atoms with Crippen LogP contribution in [0.25, 0.3) is 11.2 Å². The minimum Gasteiger partial charge on any atom is -0.494 e. The average Bonchev–Trinajstić information content (AvgIpc) is 3.09. The van der Waals surface area contributed by atoms with Gasteiger partial charge in [-0.2, -0.15) is 0 Å². The molecule has 0 saturated heterocycles. The van der Waals surface area contributed by atoms with Gasteiger partial charge in [0.1, 0.15) is 5.75 Å². The van der Waals surface area contributed by atoms with E-state index < -0.39 is 32.7 Å². The number of hydrogen-bond donors (Lipinski definition) is 1. The molecule has 0 atom stereocenters. The average molecular weight is 449 g/mol. The molecule has 0 aliphatic carbocycles. The molecule has 0 radical (unpaired) electrons. The van der Waals surface area contributed by atoms with Crippen molar-refractivity contribution < 1.29 is 17.9 Å². The first-order valence-corrected chi connectivity index (χ1v) is 11.1. The number of aryl methyl sites for hydroxylation is 2. The molecule has 166 valence electrons. The van der Waals surface area contributed by atoms with Crippen LogP contribution in [0.3, 0.4) is 0 Å². The number of hydrogen-bond acceptors (Lipinski definition) is 7. The molecule has 3 aromatic rings. The number of ether oxygens (including phenoxy) is 1. The van der Waals surface area contributed by atoms with Gasteiger partial charge >= 0.3 is 5.69 Å². The van der Waals surface area contributed by atoms with E-state index in [2.05, 4.69) is 10.3 Å². The van der Waals surface area contributed by atoms with Gasteiger partial charge in [-0.25, -0.2) is 18.2 Å². The quantitative estimate of drug-likeness (QED) is 0.543. The number of benzene rings is 1. The van der Waals surface area contributed by atoms with Crippen LogP contribution in [0, 0.1) is 0 Å². The maximum Gasteiger partial charge on any atom is 0.332 e. The van der Waals surface area contributed by atoms with Crippen LogP contribution in [0.15, 0.2) is 39.0 Å². The number of amides is 1. The molecule has 2 aromatic heterocycles. The lowest BCUT2D eigenvalue weighted by Gasteiger charge is -2.08. The van der Waals surface area contributed by atoms with Crippen molar-refractivity contribution in [3.05, 3.63) is 45.1 Å². The Kier molecular flexibility index (Phi) is 6.02. The Labute approximate surface area is 177 Å². The van der Waals surface area contributed by atoms with E-state index in [1.807, 2.05) is 6.92 Å². The molecule has 0 saturated carbocycles. The molecule has 0 fully saturated rings. The van der Waals surface area contributed by atoms with Crippen LogP contribution >= 0.6 is 0 Å². The molecule has 31 heavy (non-hydrogen) atoms. The molecule has 1 aromatic carbocycles. The van der Waals surface area contributed by atoms with E-state index in [0.717, 1.165) is 9.13 Å². The van der Waals surface area contributed by atoms with Crippen LogP contribution in [0.2, 0.25) is 0 Å². The van der Waals surface area contributed by atoms with E-state index in [1.165, 1.54) is 25.7 Å². The minimum absolute atomic E-state index is 0.0884. The second kappa shape index (κ2) is 8.38. The normalized spacial score (nSPS) is 11.6. The Morgan fingerprint density at radius 3 is 2.32 bits per heavy atom. The SMILES string of the molecule is CCOc1ccc(NC(=O)CCS(=O)(=O)c2nc3c(=O)n(C)c(=O)n(C)c3n2C)cc1. The zero-order valence-electron chi connectivity index (χ0n) is 17.6. The van der Waals surface area contributed by atoms with Crippen LogP contribution in [-0.2, 0) is 35.8 Å². The number of rotatable bonds is 7. The van der Waals surface area contributed by atoms with Gasteiger partial charge < -0.3 is 14.6 Å². The number of fused-ring (bicyclic) bond motifs is 1. The summed E-state index contributed by atoms with van der Waals surface area (Å²) < 4.78 is 34.1. The molecule has 2 heterocycles. The second-order valence-corrected chi connectivity index (χ2v) is 8.91. The number of sulfone groups is 1. The number of anilines is 1. The number of carbonyl (C=O) groups is 1. The largest absolute Gasteiger partial charge is 0.494 e. The number of carbonyl (C=O) groups excluding carboxylic acids is 1. The zero-order chi connectivity index (χ0) is 22.9. The molecule has 11 nitrogen and oxygen atoms in total. The van der Waals surface area contributed by atoms with Gasteiger partial charge in [0.05, 0.1) is 12.4 Å². The third-order valence-electron chi connectivity index (χ3n) is 4.75. The second-order valence-electron chi connectivity index (χ2n) is 6.91. The smallest absolute Gasteiger partial charge is 0.332 e. The Morgan fingerprint density at radius 2 is 1.71 bits per heavy atom. The molecule has 1 N–H and O–H groups in total. The zero-order valence-corrected chi connectivity index (χ0v) is 18.4. The summed E-state index contributed by atoms with van der Waals surface area (Å²) in [6, 6.07) is 6.69. The van der Waals surface area contributed by atoms with E-state index in [0.29, 0.717) is 18.0 Å². The fourth-order valence-electron chi connectivity index (χ4n) is 3.18. The summed E-state index contributed by atoms with van der Waals surface area (Å²) in [4.78, 5) is 40.7. The highest BCUT2D eigenvalue weighted by molar-refractivity contribution is 7.91. The first-order chi connectivity index (χ1) is 14.6. The lowest BCUT2D eigenvalue weighted by molar-refractivity contribution is -0.115. The fourth-order valence-corrected chi connectivity index (χ4v) is 4.55. The predicted octanol–water partition coefficient (Wildman–Crippen LogP) is 0.172. The van der Waals surface area contributed by atoms with Gasteiger partial charge in [0.15, 0.2) is 11.2 Å². The summed E-state index contributed by atoms with van der Waals surface area (Å²) in [5.41, 5.74) is -0.829. The van der Waals surface area contributed by atoms with Gasteiger partial charge in [-0.05, 0) is 31.2 Å². The van der Waals surface area contributed by atoms with E-state index in [1.54, 1.807) is 24.3 Å². The highest BCUT2D eigenvalue weighted by Crippen LogP contribution is 2.18. The van der Waals surface area contributed by atoms with Crippen molar-refractivity contribution in [2.75, 3.05) is 17.7 Å². The van der Waals surface area contributed by atoms with Crippen LogP contribution in [-0.4, -0.2) is 45.4 Å². The third kappa shape index (κ3) is 4.24. The maximum atomic E-state index is 12.8. The summed E-state index contributed by atoms with van der Waals surface area (Å²) in [7, 11) is 0.111. The Morgan fingerprint density at radius 1 is 1.06 bits per heavy atom. The van der Waals surface area contributed by atoms with Crippen LogP contribution in [0.5, 0.6) is 5.75 Å². The van der Waals surface area contributed by atoms with Crippen molar-refractivity contribution in [2.45, 2.75) is 18.5 Å². The molecule has 0 aliphatic rings. The summed E-state index contributed by atoms with van der Waals surface area (Å²) in [5.74, 6) is -0.346. The summed E-state index contributed by atoms with van der Waals surface area (Å²) >= 11 is 0. The van der Waals surface area contributed by atoms with Crippen molar-refractivity contribution in [3.63, 3.8) is 0 Å². The molecule has 0 bridgehead atoms. The van der Waals surface area contributed by atoms with Gasteiger partial charge in [0, 0.05) is 33.3 Å². The third-order valence-corrected chi connectivity index (χ3v) is 6.41. The first kappa shape index (κ1) is 22.3. The Bertz CT molecular complexity index is 1370. The number of aromatic nitrogens is 4. The van der Waals surface area contributed by atoms with Crippen LogP contribution in [0.1, 0.15) is 13.3 Å². The van der Waals surface area contributed by atoms with Crippen molar-refractivity contribution in [1.29, 1.82) is 0 Å². The first-order valence-electron chi connectivity index (χ1n) is 9.44. The number of nitrogens with one attached hydrogen (secondary N) is 1. The Hall–Kier alpha value is -3.41. The maximum absolute atomic E-state index is 12.8. The van der Waals surface area contributed by atoms with Crippen molar-refractivity contribution in [1.82, 2.24) is 18.7 Å².